The van der Waals surface area contributed by atoms with E-state index in [-0.39, 0.29) is 5.56 Å². The highest BCUT2D eigenvalue weighted by Crippen LogP contribution is 2.19. The van der Waals surface area contributed by atoms with E-state index in [1.807, 2.05) is 32.9 Å². The van der Waals surface area contributed by atoms with E-state index in [0.717, 1.165) is 23.4 Å². The van der Waals surface area contributed by atoms with Gasteiger partial charge in [-0.2, -0.15) is 0 Å². The van der Waals surface area contributed by atoms with Crippen LogP contribution in [0.2, 0.25) is 0 Å². The predicted octanol–water partition coefficient (Wildman–Crippen LogP) is 1.90. The van der Waals surface area contributed by atoms with Gasteiger partial charge >= 0.3 is 6.09 Å². The fourth-order valence-electron chi connectivity index (χ4n) is 3.09. The summed E-state index contributed by atoms with van der Waals surface area (Å²) in [4.78, 5) is 33.9. The van der Waals surface area contributed by atoms with Crippen molar-refractivity contribution in [3.8, 4) is 11.4 Å². The molecule has 8 heteroatoms. The van der Waals surface area contributed by atoms with Crippen molar-refractivity contribution >= 4 is 11.8 Å². The number of benzene rings is 1. The Labute approximate surface area is 164 Å². The first-order valence-electron chi connectivity index (χ1n) is 9.38. The lowest BCUT2D eigenvalue weighted by molar-refractivity contribution is 0.0521. The molecule has 1 aliphatic rings. The Balaban J connectivity index is 1.64. The molecular weight excluding hydrogens is 358 g/mol. The number of fused-ring (bicyclic) bond motifs is 1. The van der Waals surface area contributed by atoms with E-state index >= 15 is 0 Å². The van der Waals surface area contributed by atoms with E-state index in [9.17, 15) is 9.59 Å². The number of nitrogen functional groups attached to an aromatic ring is 1. The highest BCUT2D eigenvalue weighted by Gasteiger charge is 2.22. The van der Waals surface area contributed by atoms with Gasteiger partial charge in [0.05, 0.1) is 5.69 Å². The van der Waals surface area contributed by atoms with E-state index in [1.165, 1.54) is 0 Å². The van der Waals surface area contributed by atoms with Crippen LogP contribution in [0.3, 0.4) is 0 Å². The van der Waals surface area contributed by atoms with Gasteiger partial charge in [-0.15, -0.1) is 0 Å². The zero-order valence-corrected chi connectivity index (χ0v) is 16.5. The van der Waals surface area contributed by atoms with E-state index < -0.39 is 11.7 Å². The second-order valence-corrected chi connectivity index (χ2v) is 7.92. The number of nitrogens with one attached hydrogen (secondary N) is 2. The van der Waals surface area contributed by atoms with Crippen molar-refractivity contribution in [3.63, 3.8) is 0 Å². The molecule has 3 rings (SSSR count). The number of aromatic amines is 1. The first-order valence-corrected chi connectivity index (χ1v) is 9.38. The number of amides is 1. The second-order valence-electron chi connectivity index (χ2n) is 7.92. The number of rotatable bonds is 4. The van der Waals surface area contributed by atoms with E-state index in [0.29, 0.717) is 37.6 Å². The second kappa shape index (κ2) is 8.02. The summed E-state index contributed by atoms with van der Waals surface area (Å²) in [5.74, 6) is 0.539. The first kappa shape index (κ1) is 19.9. The summed E-state index contributed by atoms with van der Waals surface area (Å²) in [6.07, 6.45) is 0.205. The number of H-pyrrole nitrogens is 1. The number of alkyl carbamates (subject to hydrolysis) is 1. The summed E-state index contributed by atoms with van der Waals surface area (Å²) >= 11 is 0. The number of aromatic nitrogens is 2. The molecule has 1 aromatic heterocycles. The zero-order valence-electron chi connectivity index (χ0n) is 16.5. The number of carbonyl (C=O) groups is 1. The molecule has 1 aromatic carbocycles. The van der Waals surface area contributed by atoms with Crippen LogP contribution in [0.5, 0.6) is 0 Å². The van der Waals surface area contributed by atoms with Crippen molar-refractivity contribution < 1.29 is 9.53 Å². The molecule has 2 heterocycles. The monoisotopic (exact) mass is 385 g/mol. The normalized spacial score (nSPS) is 14.4. The summed E-state index contributed by atoms with van der Waals surface area (Å²) in [7, 11) is 0. The Bertz CT molecular complexity index is 900. The molecular formula is C20H27N5O3. The van der Waals surface area contributed by atoms with Gasteiger partial charge in [0.2, 0.25) is 0 Å². The number of nitrogens with two attached hydrogens (primary N) is 1. The molecule has 1 aliphatic heterocycles. The predicted molar refractivity (Wildman–Crippen MR) is 108 cm³/mol. The molecule has 8 nitrogen and oxygen atoms in total. The van der Waals surface area contributed by atoms with Gasteiger partial charge in [-0.1, -0.05) is 0 Å². The smallest absolute Gasteiger partial charge is 0.407 e. The van der Waals surface area contributed by atoms with Crippen LogP contribution in [0.15, 0.2) is 29.1 Å². The van der Waals surface area contributed by atoms with Gasteiger partial charge in [0.25, 0.3) is 5.56 Å². The Morgan fingerprint density at radius 2 is 2.04 bits per heavy atom. The average Bonchev–Trinajstić information content (AvgIpc) is 2.60. The van der Waals surface area contributed by atoms with E-state index in [1.54, 1.807) is 12.1 Å². The maximum atomic E-state index is 12.5. The van der Waals surface area contributed by atoms with Gasteiger partial charge in [-0.3, -0.25) is 9.69 Å². The molecule has 0 spiro atoms. The summed E-state index contributed by atoms with van der Waals surface area (Å²) in [5, 5.41) is 2.76. The van der Waals surface area contributed by atoms with Gasteiger partial charge in [-0.25, -0.2) is 9.78 Å². The molecule has 0 saturated carbocycles. The van der Waals surface area contributed by atoms with E-state index in [4.69, 9.17) is 10.5 Å². The molecule has 0 atom stereocenters. The zero-order chi connectivity index (χ0) is 20.3. The van der Waals surface area contributed by atoms with Crippen LogP contribution in [-0.4, -0.2) is 46.2 Å². The largest absolute Gasteiger partial charge is 0.444 e. The molecule has 0 bridgehead atoms. The summed E-state index contributed by atoms with van der Waals surface area (Å²) in [5.41, 5.74) is 8.10. The minimum absolute atomic E-state index is 0.0941. The Morgan fingerprint density at radius 3 is 2.71 bits per heavy atom. The fraction of sp³-hybridized carbons (Fsp3) is 0.450. The molecule has 2 aromatic rings. The van der Waals surface area contributed by atoms with Gasteiger partial charge in [0.15, 0.2) is 0 Å². The summed E-state index contributed by atoms with van der Waals surface area (Å²) in [6.45, 7) is 7.93. The molecule has 0 radical (unpaired) electrons. The molecule has 0 aliphatic carbocycles. The van der Waals surface area contributed by atoms with Gasteiger partial charge in [0.1, 0.15) is 11.4 Å². The minimum atomic E-state index is -0.516. The third kappa shape index (κ3) is 5.10. The topological polar surface area (TPSA) is 113 Å². The number of ether oxygens (including phenoxy) is 1. The van der Waals surface area contributed by atoms with Crippen LogP contribution >= 0.6 is 0 Å². The molecule has 0 unspecified atom stereocenters. The molecule has 4 N–H and O–H groups in total. The van der Waals surface area contributed by atoms with Crippen molar-refractivity contribution in [1.29, 1.82) is 0 Å². The lowest BCUT2D eigenvalue weighted by atomic mass is 10.1. The number of nitrogens with zero attached hydrogens (tertiary/aromatic N) is 2. The summed E-state index contributed by atoms with van der Waals surface area (Å²) < 4.78 is 5.24. The number of carbonyl (C=O) groups excluding carboxylic acids is 1. The van der Waals surface area contributed by atoms with Crippen LogP contribution < -0.4 is 16.6 Å². The third-order valence-electron chi connectivity index (χ3n) is 4.43. The fourth-order valence-corrected chi connectivity index (χ4v) is 3.09. The lowest BCUT2D eigenvalue weighted by Gasteiger charge is -2.28. The van der Waals surface area contributed by atoms with Crippen molar-refractivity contribution in [2.45, 2.75) is 39.3 Å². The maximum Gasteiger partial charge on any atom is 0.407 e. The van der Waals surface area contributed by atoms with Gasteiger partial charge in [-0.05, 0) is 51.5 Å². The van der Waals surface area contributed by atoms with Crippen molar-refractivity contribution in [3.05, 3.63) is 45.9 Å². The first-order chi connectivity index (χ1) is 13.2. The van der Waals surface area contributed by atoms with Crippen molar-refractivity contribution in [2.24, 2.45) is 0 Å². The highest BCUT2D eigenvalue weighted by molar-refractivity contribution is 5.67. The molecule has 28 heavy (non-hydrogen) atoms. The van der Waals surface area contributed by atoms with Crippen LogP contribution in [-0.2, 0) is 17.7 Å². The standard InChI is InChI=1S/C20H27N5O3/c1-20(2,3)28-19(27)22-9-11-25-10-8-15-16(12-25)23-17(24-18(15)26)13-4-6-14(21)7-5-13/h4-7H,8-12,21H2,1-3H3,(H,22,27)(H,23,24,26). The van der Waals surface area contributed by atoms with Crippen LogP contribution in [0.1, 0.15) is 32.0 Å². The number of hydrogen-bond donors (Lipinski definition) is 3. The van der Waals surface area contributed by atoms with Crippen LogP contribution in [0.25, 0.3) is 11.4 Å². The average molecular weight is 385 g/mol. The van der Waals surface area contributed by atoms with Crippen LogP contribution in [0.4, 0.5) is 10.5 Å². The minimum Gasteiger partial charge on any atom is -0.444 e. The van der Waals surface area contributed by atoms with E-state index in [2.05, 4.69) is 20.2 Å². The quantitative estimate of drug-likeness (QED) is 0.693. The van der Waals surface area contributed by atoms with Crippen molar-refractivity contribution in [2.75, 3.05) is 25.4 Å². The molecule has 150 valence electrons. The third-order valence-corrected chi connectivity index (χ3v) is 4.43. The Hall–Kier alpha value is -2.87. The SMILES string of the molecule is CC(C)(C)OC(=O)NCCN1CCc2c(nc(-c3ccc(N)cc3)[nH]c2=O)C1. The van der Waals surface area contributed by atoms with Crippen molar-refractivity contribution in [1.82, 2.24) is 20.2 Å². The molecule has 0 saturated heterocycles. The van der Waals surface area contributed by atoms with Gasteiger partial charge < -0.3 is 20.8 Å². The van der Waals surface area contributed by atoms with Gasteiger partial charge in [0, 0.05) is 43.0 Å². The number of anilines is 1. The van der Waals surface area contributed by atoms with Crippen LogP contribution in [0, 0.1) is 0 Å². The highest BCUT2D eigenvalue weighted by atomic mass is 16.6. The Kier molecular flexibility index (Phi) is 5.69. The molecule has 1 amide bonds. The summed E-state index contributed by atoms with van der Waals surface area (Å²) in [6, 6.07) is 7.24. The maximum absolute atomic E-state index is 12.5. The molecule has 0 fully saturated rings. The lowest BCUT2D eigenvalue weighted by Crippen LogP contribution is -2.41. The Morgan fingerprint density at radius 1 is 1.32 bits per heavy atom. The number of hydrogen-bond acceptors (Lipinski definition) is 6.